The zero-order valence-electron chi connectivity index (χ0n) is 8.31. The van der Waals surface area contributed by atoms with Crippen LogP contribution in [-0.2, 0) is 4.46 Å². The van der Waals surface area contributed by atoms with Crippen molar-refractivity contribution in [3.05, 3.63) is 35.9 Å². The first-order valence-corrected chi connectivity index (χ1v) is 6.72. The molecule has 0 atom stereocenters. The van der Waals surface area contributed by atoms with Crippen molar-refractivity contribution in [3.8, 4) is 0 Å². The van der Waals surface area contributed by atoms with Gasteiger partial charge in [0.1, 0.15) is 5.17 Å². The van der Waals surface area contributed by atoms with Gasteiger partial charge in [-0.15, -0.1) is 0 Å². The molecule has 0 radical (unpaired) electrons. The summed E-state index contributed by atoms with van der Waals surface area (Å²) in [6.45, 7) is 0. The number of rotatable bonds is 3. The van der Waals surface area contributed by atoms with Crippen molar-refractivity contribution in [1.29, 1.82) is 0 Å². The quantitative estimate of drug-likeness (QED) is 0.377. The van der Waals surface area contributed by atoms with E-state index in [2.05, 4.69) is 4.99 Å². The molecular weight excluding hydrogens is 347 g/mol. The van der Waals surface area contributed by atoms with Gasteiger partial charge in [0.15, 0.2) is 3.79 Å². The Morgan fingerprint density at radius 1 is 1.00 bits per heavy atom. The van der Waals surface area contributed by atoms with Crippen LogP contribution in [-0.4, -0.2) is 8.96 Å². The van der Waals surface area contributed by atoms with E-state index in [9.17, 15) is 0 Å². The van der Waals surface area contributed by atoms with Gasteiger partial charge in [-0.05, 0) is 0 Å². The number of nitrogens with zero attached hydrogens (tertiary/aromatic N) is 1. The normalized spacial score (nSPS) is 13.9. The van der Waals surface area contributed by atoms with Gasteiger partial charge < -0.3 is 0 Å². The van der Waals surface area contributed by atoms with E-state index in [1.54, 1.807) is 24.3 Å². The van der Waals surface area contributed by atoms with Crippen LogP contribution in [0.25, 0.3) is 0 Å². The van der Waals surface area contributed by atoms with Gasteiger partial charge in [-0.3, -0.25) is 0 Å². The zero-order chi connectivity index (χ0) is 13.1. The fourth-order valence-corrected chi connectivity index (χ4v) is 2.52. The molecule has 0 bridgehead atoms. The Morgan fingerprint density at radius 3 is 2.00 bits per heavy atom. The highest BCUT2D eigenvalue weighted by Gasteiger charge is 2.28. The van der Waals surface area contributed by atoms with E-state index in [1.165, 1.54) is 0 Å². The predicted molar refractivity (Wildman–Crippen MR) is 78.0 cm³/mol. The maximum absolute atomic E-state index is 6.05. The molecular formula is C10H7Cl6N. The van der Waals surface area contributed by atoms with E-state index in [1.807, 2.05) is 6.07 Å². The Hall–Kier alpha value is 0.630. The van der Waals surface area contributed by atoms with Crippen LogP contribution < -0.4 is 0 Å². The first kappa shape index (κ1) is 15.7. The monoisotopic (exact) mass is 351 g/mol. The number of hydrogen-bond donors (Lipinski definition) is 0. The van der Waals surface area contributed by atoms with Gasteiger partial charge in [-0.2, -0.15) is 0 Å². The molecule has 0 saturated carbocycles. The fourth-order valence-electron chi connectivity index (χ4n) is 1.06. The van der Waals surface area contributed by atoms with E-state index in [4.69, 9.17) is 69.6 Å². The fraction of sp³-hybridized carbons (Fsp3) is 0.300. The van der Waals surface area contributed by atoms with Crippen LogP contribution in [0, 0.1) is 0 Å². The summed E-state index contributed by atoms with van der Waals surface area (Å²) in [7, 11) is 0. The molecule has 1 aromatic carbocycles. The molecule has 17 heavy (non-hydrogen) atoms. The third-order valence-electron chi connectivity index (χ3n) is 1.73. The smallest absolute Gasteiger partial charge is 0.234 e. The minimum absolute atomic E-state index is 0.0406. The SMILES string of the molecule is ClC(CC(Cl)(Cl)Cl)=NC(Cl)(Cl)c1ccccc1. The number of aliphatic imine (C=N–C) groups is 1. The highest BCUT2D eigenvalue weighted by Crippen LogP contribution is 2.38. The first-order chi connectivity index (χ1) is 7.71. The van der Waals surface area contributed by atoms with Crippen molar-refractivity contribution in [3.63, 3.8) is 0 Å². The molecule has 94 valence electrons. The average molecular weight is 354 g/mol. The molecule has 0 aliphatic heterocycles. The van der Waals surface area contributed by atoms with Gasteiger partial charge in [0, 0.05) is 12.0 Å². The second-order valence-electron chi connectivity index (χ2n) is 3.19. The van der Waals surface area contributed by atoms with E-state index in [-0.39, 0.29) is 11.6 Å². The highest BCUT2D eigenvalue weighted by atomic mass is 35.6. The molecule has 1 rings (SSSR count). The maximum atomic E-state index is 6.05. The zero-order valence-corrected chi connectivity index (χ0v) is 12.8. The Kier molecular flexibility index (Phi) is 5.71. The lowest BCUT2D eigenvalue weighted by atomic mass is 10.2. The van der Waals surface area contributed by atoms with Gasteiger partial charge in [-0.25, -0.2) is 4.99 Å². The average Bonchev–Trinajstić information content (AvgIpc) is 2.15. The summed E-state index contributed by atoms with van der Waals surface area (Å²) in [6, 6.07) is 8.85. The van der Waals surface area contributed by atoms with Crippen LogP contribution in [0.2, 0.25) is 0 Å². The second kappa shape index (κ2) is 6.18. The molecule has 0 saturated heterocycles. The lowest BCUT2D eigenvalue weighted by molar-refractivity contribution is 0.910. The standard InChI is InChI=1S/C10H7Cl6N/c11-8(6-9(12,13)14)17-10(15,16)7-4-2-1-3-5-7/h1-5H,6H2. The predicted octanol–water partition coefficient (Wildman–Crippen LogP) is 5.67. The maximum Gasteiger partial charge on any atom is 0.234 e. The summed E-state index contributed by atoms with van der Waals surface area (Å²) in [5, 5.41) is 0.0406. The van der Waals surface area contributed by atoms with E-state index in [0.29, 0.717) is 5.56 Å². The molecule has 1 nitrogen and oxygen atoms in total. The van der Waals surface area contributed by atoms with Crippen LogP contribution in [0.1, 0.15) is 12.0 Å². The van der Waals surface area contributed by atoms with Crippen molar-refractivity contribution in [1.82, 2.24) is 0 Å². The Morgan fingerprint density at radius 2 is 1.53 bits per heavy atom. The molecule has 7 heteroatoms. The summed E-state index contributed by atoms with van der Waals surface area (Å²) < 4.78 is -3.02. The lowest BCUT2D eigenvalue weighted by Gasteiger charge is -2.17. The topological polar surface area (TPSA) is 12.4 Å². The summed E-state index contributed by atoms with van der Waals surface area (Å²) in [5.41, 5.74) is 0.589. The molecule has 0 unspecified atom stereocenters. The molecule has 1 aromatic rings. The molecule has 0 aliphatic rings. The molecule has 0 heterocycles. The van der Waals surface area contributed by atoms with Crippen LogP contribution in [0.5, 0.6) is 0 Å². The van der Waals surface area contributed by atoms with E-state index >= 15 is 0 Å². The molecule has 0 fully saturated rings. The van der Waals surface area contributed by atoms with Crippen molar-refractivity contribution < 1.29 is 0 Å². The number of alkyl halides is 5. The summed E-state index contributed by atoms with van der Waals surface area (Å²) in [4.78, 5) is 3.92. The largest absolute Gasteiger partial charge is 0.234 e. The van der Waals surface area contributed by atoms with E-state index in [0.717, 1.165) is 0 Å². The Labute approximate surface area is 130 Å². The summed E-state index contributed by atoms with van der Waals surface area (Å²) >= 11 is 34.7. The molecule has 0 amide bonds. The number of benzene rings is 1. The van der Waals surface area contributed by atoms with Crippen molar-refractivity contribution >= 4 is 74.8 Å². The van der Waals surface area contributed by atoms with Gasteiger partial charge in [-0.1, -0.05) is 99.9 Å². The molecule has 0 aliphatic carbocycles. The number of halogens is 6. The second-order valence-corrected chi connectivity index (χ2v) is 7.43. The van der Waals surface area contributed by atoms with Gasteiger partial charge in [0.25, 0.3) is 0 Å². The molecule has 0 N–H and O–H groups in total. The number of hydrogen-bond acceptors (Lipinski definition) is 1. The summed E-state index contributed by atoms with van der Waals surface area (Å²) in [5.74, 6) is 0. The molecule has 0 aromatic heterocycles. The Balaban J connectivity index is 2.89. The van der Waals surface area contributed by atoms with Gasteiger partial charge >= 0.3 is 0 Å². The minimum atomic E-state index is -1.53. The van der Waals surface area contributed by atoms with Crippen LogP contribution >= 0.6 is 69.6 Å². The summed E-state index contributed by atoms with van der Waals surface area (Å²) in [6.07, 6.45) is -0.0623. The van der Waals surface area contributed by atoms with Gasteiger partial charge in [0.2, 0.25) is 4.46 Å². The first-order valence-electron chi connectivity index (χ1n) is 4.45. The Bertz CT molecular complexity index is 395. The van der Waals surface area contributed by atoms with Crippen molar-refractivity contribution in [2.45, 2.75) is 14.7 Å². The third kappa shape index (κ3) is 5.87. The minimum Gasteiger partial charge on any atom is -0.234 e. The molecule has 0 spiro atoms. The van der Waals surface area contributed by atoms with Crippen LogP contribution in [0.3, 0.4) is 0 Å². The van der Waals surface area contributed by atoms with Crippen molar-refractivity contribution in [2.75, 3.05) is 0 Å². The van der Waals surface area contributed by atoms with Gasteiger partial charge in [0.05, 0.1) is 0 Å². The van der Waals surface area contributed by atoms with E-state index < -0.39 is 8.25 Å². The third-order valence-corrected chi connectivity index (χ3v) is 2.95. The van der Waals surface area contributed by atoms with Crippen LogP contribution in [0.4, 0.5) is 0 Å². The van der Waals surface area contributed by atoms with Crippen molar-refractivity contribution in [2.24, 2.45) is 4.99 Å². The lowest BCUT2D eigenvalue weighted by Crippen LogP contribution is -2.13. The van der Waals surface area contributed by atoms with Crippen LogP contribution in [0.15, 0.2) is 35.3 Å². The highest BCUT2D eigenvalue weighted by molar-refractivity contribution is 6.73.